The van der Waals surface area contributed by atoms with E-state index in [-0.39, 0.29) is 0 Å². The van der Waals surface area contributed by atoms with Gasteiger partial charge in [0, 0.05) is 0 Å². The van der Waals surface area contributed by atoms with Crippen molar-refractivity contribution >= 4 is 21.0 Å². The maximum absolute atomic E-state index is 4.76. The van der Waals surface area contributed by atoms with Crippen LogP contribution in [0.15, 0.2) is 5.38 Å². The van der Waals surface area contributed by atoms with E-state index in [4.69, 9.17) is 14.4 Å². The number of ether oxygens (including phenoxy) is 1. The van der Waals surface area contributed by atoms with E-state index in [1.165, 1.54) is 11.3 Å². The van der Waals surface area contributed by atoms with Crippen LogP contribution in [0.1, 0.15) is 0 Å². The van der Waals surface area contributed by atoms with Gasteiger partial charge in [-0.3, -0.25) is 11.3 Å². The van der Waals surface area contributed by atoms with E-state index in [0.717, 1.165) is 17.3 Å². The van der Waals surface area contributed by atoms with Gasteiger partial charge in [-0.15, -0.1) is 5.38 Å². The molecule has 0 fully saturated rings. The number of halogens is 1. The van der Waals surface area contributed by atoms with Crippen LogP contribution in [-0.2, 0) is 17.3 Å². The second-order valence-corrected chi connectivity index (χ2v) is 1.64. The Morgan fingerprint density at radius 1 is 1.89 bits per heavy atom. The second kappa shape index (κ2) is 6.46. The van der Waals surface area contributed by atoms with Crippen molar-refractivity contribution in [1.82, 2.24) is 4.98 Å². The van der Waals surface area contributed by atoms with Crippen molar-refractivity contribution in [3.05, 3.63) is 10.9 Å². The van der Waals surface area contributed by atoms with Crippen LogP contribution in [0.3, 0.4) is 0 Å². The maximum atomic E-state index is 4.76. The van der Waals surface area contributed by atoms with E-state index in [1.807, 2.05) is 0 Å². The van der Waals surface area contributed by atoms with Gasteiger partial charge in [0.15, 0.2) is 0 Å². The summed E-state index contributed by atoms with van der Waals surface area (Å²) in [6.45, 7) is 0. The molecule has 1 rings (SSSR count). The molecular weight excluding hydrogens is 211 g/mol. The van der Waals surface area contributed by atoms with Gasteiger partial charge in [-0.2, -0.15) is 0 Å². The molecule has 0 radical (unpaired) electrons. The molecule has 2 nitrogen and oxygen atoms in total. The molecule has 0 amide bonds. The van der Waals surface area contributed by atoms with Crippen LogP contribution in [0.4, 0.5) is 0 Å². The van der Waals surface area contributed by atoms with Crippen molar-refractivity contribution < 1.29 is 22.0 Å². The summed E-state index contributed by atoms with van der Waals surface area (Å²) in [6, 6.07) is 0. The number of aromatic nitrogens is 1. The molecule has 5 heteroatoms. The Hall–Kier alpha value is 0.343. The van der Waals surface area contributed by atoms with E-state index >= 15 is 0 Å². The summed E-state index contributed by atoms with van der Waals surface area (Å²) in [5.74, 6) is 0.644. The molecule has 0 saturated carbocycles. The third-order valence-corrected chi connectivity index (χ3v) is 1.09. The molecule has 0 aliphatic carbocycles. The van der Waals surface area contributed by atoms with Gasteiger partial charge in [-0.05, 0) is 5.51 Å². The summed E-state index contributed by atoms with van der Waals surface area (Å²) >= 11 is 2.25. The van der Waals surface area contributed by atoms with E-state index in [1.54, 1.807) is 12.5 Å². The fraction of sp³-hybridized carbons (Fsp3) is 0.250. The molecular formula is C4H4ClNOSZn. The van der Waals surface area contributed by atoms with Crippen molar-refractivity contribution in [1.29, 1.82) is 0 Å². The Morgan fingerprint density at radius 3 is 2.78 bits per heavy atom. The topological polar surface area (TPSA) is 22.1 Å². The normalized spacial score (nSPS) is 7.56. The molecule has 1 aromatic heterocycles. The SMILES string of the molecule is COc1cs[c-]n1.[Cl][Zn+]. The number of rotatable bonds is 1. The molecule has 0 aromatic carbocycles. The van der Waals surface area contributed by atoms with E-state index in [0.29, 0.717) is 5.88 Å². The van der Waals surface area contributed by atoms with Crippen LogP contribution in [-0.4, -0.2) is 12.1 Å². The zero-order valence-electron chi connectivity index (χ0n) is 4.93. The van der Waals surface area contributed by atoms with Gasteiger partial charge >= 0.3 is 27.0 Å². The number of hydrogen-bond acceptors (Lipinski definition) is 3. The monoisotopic (exact) mass is 213 g/mol. The Kier molecular flexibility index (Phi) is 6.71. The van der Waals surface area contributed by atoms with Crippen molar-refractivity contribution in [3.8, 4) is 5.88 Å². The number of nitrogens with zero attached hydrogens (tertiary/aromatic N) is 1. The predicted molar refractivity (Wildman–Crippen MR) is 33.4 cm³/mol. The van der Waals surface area contributed by atoms with Gasteiger partial charge < -0.3 is 9.72 Å². The van der Waals surface area contributed by atoms with Crippen LogP contribution in [0.2, 0.25) is 0 Å². The first-order valence-corrected chi connectivity index (χ1v) is 6.83. The molecule has 0 unspecified atom stereocenters. The van der Waals surface area contributed by atoms with E-state index in [9.17, 15) is 0 Å². The van der Waals surface area contributed by atoms with Gasteiger partial charge in [0.25, 0.3) is 0 Å². The van der Waals surface area contributed by atoms with Crippen LogP contribution in [0, 0.1) is 5.51 Å². The van der Waals surface area contributed by atoms with E-state index in [2.05, 4.69) is 10.5 Å². The number of thiazole rings is 1. The average Bonchev–Trinajstić information content (AvgIpc) is 2.43. The average molecular weight is 215 g/mol. The quantitative estimate of drug-likeness (QED) is 0.524. The Morgan fingerprint density at radius 2 is 2.56 bits per heavy atom. The first-order valence-electron chi connectivity index (χ1n) is 2.06. The summed E-state index contributed by atoms with van der Waals surface area (Å²) in [5.41, 5.74) is 2.65. The van der Waals surface area contributed by atoms with Crippen LogP contribution in [0.5, 0.6) is 5.88 Å². The third-order valence-electron chi connectivity index (χ3n) is 0.577. The summed E-state index contributed by atoms with van der Waals surface area (Å²) in [5, 5.41) is 1.79. The molecule has 0 aliphatic heterocycles. The summed E-state index contributed by atoms with van der Waals surface area (Å²) in [7, 11) is 6.35. The minimum atomic E-state index is 0.644. The fourth-order valence-corrected chi connectivity index (χ4v) is 0.713. The molecule has 1 aromatic rings. The molecule has 0 atom stereocenters. The molecule has 0 saturated heterocycles. The molecule has 9 heavy (non-hydrogen) atoms. The standard InChI is InChI=1S/C4H4NOS.ClH.Zn/c1-6-4-2-7-3-5-4;;/h2H,1H3;1H;/q-1;;+2/p-1. The van der Waals surface area contributed by atoms with Crippen LogP contribution < -0.4 is 4.74 Å². The predicted octanol–water partition coefficient (Wildman–Crippen LogP) is 1.64. The zero-order valence-corrected chi connectivity index (χ0v) is 9.47. The molecule has 0 bridgehead atoms. The number of methoxy groups -OCH3 is 1. The van der Waals surface area contributed by atoms with Crippen LogP contribution >= 0.6 is 21.0 Å². The van der Waals surface area contributed by atoms with Gasteiger partial charge in [-0.25, -0.2) is 0 Å². The Bertz CT molecular complexity index is 135. The molecule has 0 N–H and O–H groups in total. The van der Waals surface area contributed by atoms with Gasteiger partial charge in [0.2, 0.25) is 0 Å². The summed E-state index contributed by atoms with van der Waals surface area (Å²) in [6.07, 6.45) is 0. The summed E-state index contributed by atoms with van der Waals surface area (Å²) < 4.78 is 4.72. The Labute approximate surface area is 71.9 Å². The van der Waals surface area contributed by atoms with E-state index < -0.39 is 0 Å². The first kappa shape index (κ1) is 9.34. The second-order valence-electron chi connectivity index (χ2n) is 0.981. The van der Waals surface area contributed by atoms with Gasteiger partial charge in [0.1, 0.15) is 0 Å². The summed E-state index contributed by atoms with van der Waals surface area (Å²) in [4.78, 5) is 3.71. The molecule has 46 valence electrons. The molecule has 0 spiro atoms. The van der Waals surface area contributed by atoms with Crippen molar-refractivity contribution in [2.75, 3.05) is 7.11 Å². The molecule has 0 aliphatic rings. The molecule has 1 heterocycles. The van der Waals surface area contributed by atoms with Crippen molar-refractivity contribution in [2.24, 2.45) is 0 Å². The first-order chi connectivity index (χ1) is 4.43. The van der Waals surface area contributed by atoms with Crippen LogP contribution in [0.25, 0.3) is 0 Å². The Balaban J connectivity index is 0.000000291. The van der Waals surface area contributed by atoms with Gasteiger partial charge in [-0.1, -0.05) is 0 Å². The minimum absolute atomic E-state index is 0.644. The fourth-order valence-electron chi connectivity index (χ4n) is 0.268. The van der Waals surface area contributed by atoms with Gasteiger partial charge in [0.05, 0.1) is 13.0 Å². The van der Waals surface area contributed by atoms with Crippen molar-refractivity contribution in [3.63, 3.8) is 0 Å². The zero-order chi connectivity index (χ0) is 7.11. The number of hydrogen-bond donors (Lipinski definition) is 0. The third kappa shape index (κ3) is 3.85. The van der Waals surface area contributed by atoms with Crippen molar-refractivity contribution in [2.45, 2.75) is 0 Å².